The van der Waals surface area contributed by atoms with E-state index in [1.54, 1.807) is 62.4 Å². The van der Waals surface area contributed by atoms with Gasteiger partial charge in [-0.05, 0) is 38.5 Å². The van der Waals surface area contributed by atoms with Gasteiger partial charge in [0.15, 0.2) is 0 Å². The molecule has 2 fully saturated rings. The second kappa shape index (κ2) is 10.6. The van der Waals surface area contributed by atoms with Crippen LogP contribution in [0.15, 0.2) is 65.6 Å². The highest BCUT2D eigenvalue weighted by molar-refractivity contribution is 8.01. The molecule has 0 aliphatic carbocycles. The summed E-state index contributed by atoms with van der Waals surface area (Å²) in [4.78, 5) is 52.6. The highest BCUT2D eigenvalue weighted by Gasteiger charge is 2.64. The topological polar surface area (TPSA) is 153 Å². The van der Waals surface area contributed by atoms with Crippen molar-refractivity contribution in [2.75, 3.05) is 7.05 Å². The Bertz CT molecular complexity index is 1390. The van der Waals surface area contributed by atoms with Gasteiger partial charge in [0.2, 0.25) is 27.7 Å². The Morgan fingerprint density at radius 1 is 1.03 bits per heavy atom. The van der Waals surface area contributed by atoms with Crippen LogP contribution in [-0.4, -0.2) is 81.7 Å². The summed E-state index contributed by atoms with van der Waals surface area (Å²) >= 11 is 1.29. The van der Waals surface area contributed by atoms with Gasteiger partial charge in [0.05, 0.1) is 4.90 Å². The van der Waals surface area contributed by atoms with E-state index in [2.05, 4.69) is 10.6 Å². The number of amides is 3. The third-order valence-corrected chi connectivity index (χ3v) is 10.5. The van der Waals surface area contributed by atoms with E-state index in [-0.39, 0.29) is 4.90 Å². The number of nitrogens with zero attached hydrogens (tertiary/aromatic N) is 2. The molecule has 0 bridgehead atoms. The van der Waals surface area contributed by atoms with Crippen molar-refractivity contribution < 1.29 is 32.7 Å². The Balaban J connectivity index is 1.52. The minimum atomic E-state index is -3.99. The molecule has 0 saturated carbocycles. The van der Waals surface area contributed by atoms with E-state index in [9.17, 15) is 32.7 Å². The van der Waals surface area contributed by atoms with Crippen LogP contribution in [0.4, 0.5) is 0 Å². The third-order valence-electron chi connectivity index (χ3n) is 7.00. The first-order chi connectivity index (χ1) is 18.3. The molecule has 2 aromatic rings. The first-order valence-corrected chi connectivity index (χ1v) is 14.5. The first-order valence-electron chi connectivity index (χ1n) is 12.2. The zero-order valence-corrected chi connectivity index (χ0v) is 23.4. The maximum Gasteiger partial charge on any atom is 0.327 e. The minimum Gasteiger partial charge on any atom is -0.480 e. The normalized spacial score (nSPS) is 23.4. The number of carboxylic acids is 1. The highest BCUT2D eigenvalue weighted by atomic mass is 32.2. The quantitative estimate of drug-likeness (QED) is 0.378. The lowest BCUT2D eigenvalue weighted by Crippen LogP contribution is -2.71. The number of hydrogen-bond donors (Lipinski definition) is 3. The van der Waals surface area contributed by atoms with E-state index in [4.69, 9.17) is 0 Å². The molecule has 11 nitrogen and oxygen atoms in total. The molecule has 0 radical (unpaired) electrons. The number of carbonyl (C=O) groups excluding carboxylic acids is 3. The number of carboxylic acid groups (broad SMARTS) is 1. The number of thioether (sulfide) groups is 1. The lowest BCUT2D eigenvalue weighted by molar-refractivity contribution is -0.161. The number of aliphatic carboxylic acids is 1. The number of likely N-dealkylation sites (N-methyl/N-ethyl adjacent to an activating group) is 1. The Morgan fingerprint density at radius 3 is 2.15 bits per heavy atom. The van der Waals surface area contributed by atoms with E-state index in [0.717, 1.165) is 4.31 Å². The van der Waals surface area contributed by atoms with Gasteiger partial charge in [0.1, 0.15) is 29.5 Å². The summed E-state index contributed by atoms with van der Waals surface area (Å²) in [6.07, 6.45) is 0. The molecule has 2 aliphatic rings. The van der Waals surface area contributed by atoms with Gasteiger partial charge < -0.3 is 20.6 Å². The van der Waals surface area contributed by atoms with Crippen LogP contribution in [0, 0.1) is 0 Å². The predicted molar refractivity (Wildman–Crippen MR) is 144 cm³/mol. The van der Waals surface area contributed by atoms with Crippen molar-refractivity contribution in [3.63, 3.8) is 0 Å². The molecule has 208 valence electrons. The molecule has 2 saturated heterocycles. The van der Waals surface area contributed by atoms with Crippen molar-refractivity contribution in [1.82, 2.24) is 19.8 Å². The maximum atomic E-state index is 13.5. The summed E-state index contributed by atoms with van der Waals surface area (Å²) in [5, 5.41) is 14.4. The summed E-state index contributed by atoms with van der Waals surface area (Å²) in [6.45, 7) is 4.87. The Labute approximate surface area is 231 Å². The Hall–Kier alpha value is -3.42. The van der Waals surface area contributed by atoms with Gasteiger partial charge in [0, 0.05) is 11.8 Å². The standard InChI is InChI=1S/C26H30N4O7S2/c1-15(29(4)39(36,37)17-13-9-6-10-14-17)21(31)27-18(16-11-7-5-8-12-16)22(32)28-19-23(33)30-20(25(34)35)26(2,3)38-24(19)30/h5-15,18-20,24H,1-4H3,(H,27,31)(H,28,32)(H,34,35)/t15?,18?,19?,20-,24+/m0/s1. The summed E-state index contributed by atoms with van der Waals surface area (Å²) in [5.74, 6) is -3.03. The zero-order chi connectivity index (χ0) is 28.7. The molecule has 0 aromatic heterocycles. The van der Waals surface area contributed by atoms with Crippen LogP contribution in [0.3, 0.4) is 0 Å². The van der Waals surface area contributed by atoms with Crippen LogP contribution in [0.25, 0.3) is 0 Å². The van der Waals surface area contributed by atoms with Gasteiger partial charge in [0.25, 0.3) is 0 Å². The number of hydrogen-bond acceptors (Lipinski definition) is 7. The molecule has 13 heteroatoms. The number of rotatable bonds is 9. The van der Waals surface area contributed by atoms with Crippen LogP contribution < -0.4 is 10.6 Å². The average Bonchev–Trinajstić information content (AvgIpc) is 3.17. The average molecular weight is 575 g/mol. The van der Waals surface area contributed by atoms with Crippen LogP contribution in [0.5, 0.6) is 0 Å². The van der Waals surface area contributed by atoms with Crippen LogP contribution in [0.1, 0.15) is 32.4 Å². The number of fused-ring (bicyclic) bond motifs is 1. The Morgan fingerprint density at radius 2 is 1.59 bits per heavy atom. The van der Waals surface area contributed by atoms with E-state index in [1.807, 2.05) is 0 Å². The third kappa shape index (κ3) is 5.25. The maximum absolute atomic E-state index is 13.5. The second-order valence-electron chi connectivity index (χ2n) is 9.95. The van der Waals surface area contributed by atoms with E-state index >= 15 is 0 Å². The van der Waals surface area contributed by atoms with Gasteiger partial charge >= 0.3 is 5.97 Å². The van der Waals surface area contributed by atoms with Gasteiger partial charge in [-0.15, -0.1) is 11.8 Å². The summed E-state index contributed by atoms with van der Waals surface area (Å²) < 4.78 is 26.2. The molecular formula is C26H30N4O7S2. The minimum absolute atomic E-state index is 0.0224. The molecule has 39 heavy (non-hydrogen) atoms. The summed E-state index contributed by atoms with van der Waals surface area (Å²) in [7, 11) is -2.71. The molecular weight excluding hydrogens is 544 g/mol. The lowest BCUT2D eigenvalue weighted by Gasteiger charge is -2.44. The fourth-order valence-electron chi connectivity index (χ4n) is 4.72. The summed E-state index contributed by atoms with van der Waals surface area (Å²) in [5.41, 5.74) is 0.426. The predicted octanol–water partition coefficient (Wildman–Crippen LogP) is 1.18. The fraction of sp³-hybridized carbons (Fsp3) is 0.385. The molecule has 2 aromatic carbocycles. The molecule has 2 heterocycles. The van der Waals surface area contributed by atoms with E-state index in [0.29, 0.717) is 5.56 Å². The molecule has 3 amide bonds. The van der Waals surface area contributed by atoms with Crippen LogP contribution in [0.2, 0.25) is 0 Å². The van der Waals surface area contributed by atoms with Crippen molar-refractivity contribution in [3.05, 3.63) is 66.2 Å². The number of β-lactam (4-membered cyclic amide) rings is 1. The van der Waals surface area contributed by atoms with Gasteiger partial charge in [-0.3, -0.25) is 14.4 Å². The molecule has 3 N–H and O–H groups in total. The van der Waals surface area contributed by atoms with E-state index < -0.39 is 68.0 Å². The van der Waals surface area contributed by atoms with Crippen molar-refractivity contribution in [1.29, 1.82) is 0 Å². The molecule has 4 rings (SSSR count). The molecule has 2 aliphatic heterocycles. The van der Waals surface area contributed by atoms with Crippen LogP contribution in [-0.2, 0) is 29.2 Å². The van der Waals surface area contributed by atoms with E-state index in [1.165, 1.54) is 42.8 Å². The second-order valence-corrected chi connectivity index (χ2v) is 13.7. The largest absolute Gasteiger partial charge is 0.480 e. The number of sulfonamides is 1. The van der Waals surface area contributed by atoms with Crippen molar-refractivity contribution in [2.45, 2.75) is 60.0 Å². The fourth-order valence-corrected chi connectivity index (χ4v) is 7.69. The van der Waals surface area contributed by atoms with Gasteiger partial charge in [-0.25, -0.2) is 13.2 Å². The van der Waals surface area contributed by atoms with Crippen molar-refractivity contribution in [2.24, 2.45) is 0 Å². The van der Waals surface area contributed by atoms with Gasteiger partial charge in [-0.2, -0.15) is 4.31 Å². The highest BCUT2D eigenvalue weighted by Crippen LogP contribution is 2.50. The SMILES string of the molecule is CC(C(=O)NC(C(=O)NC1C(=O)N2[C@@H]1SC(C)(C)[C@@H]2C(=O)O)c1ccccc1)N(C)S(=O)(=O)c1ccccc1. The molecule has 3 unspecified atom stereocenters. The van der Waals surface area contributed by atoms with Crippen molar-refractivity contribution in [3.8, 4) is 0 Å². The number of carbonyl (C=O) groups is 4. The molecule has 5 atom stereocenters. The van der Waals surface area contributed by atoms with Crippen LogP contribution >= 0.6 is 11.8 Å². The summed E-state index contributed by atoms with van der Waals surface area (Å²) in [6, 6.07) is 11.6. The Kier molecular flexibility index (Phi) is 7.79. The number of benzene rings is 2. The monoisotopic (exact) mass is 574 g/mol. The lowest BCUT2D eigenvalue weighted by atomic mass is 9.95. The molecule has 0 spiro atoms. The first kappa shape index (κ1) is 28.6. The number of nitrogens with one attached hydrogen (secondary N) is 2. The zero-order valence-electron chi connectivity index (χ0n) is 21.8. The van der Waals surface area contributed by atoms with Gasteiger partial charge in [-0.1, -0.05) is 48.5 Å². The van der Waals surface area contributed by atoms with Crippen molar-refractivity contribution >= 4 is 45.5 Å². The smallest absolute Gasteiger partial charge is 0.327 e.